The Morgan fingerprint density at radius 1 is 0.952 bits per heavy atom. The first-order valence-electron chi connectivity index (χ1n) is 7.67. The first-order valence-corrected chi connectivity index (χ1v) is 9.20. The van der Waals surface area contributed by atoms with Gasteiger partial charge < -0.3 is 19.6 Å². The number of ether oxygens (including phenoxy) is 1. The Bertz CT molecular complexity index is 319. The van der Waals surface area contributed by atoms with Crippen LogP contribution < -0.4 is 0 Å². The fourth-order valence-electron chi connectivity index (χ4n) is 2.43. The number of phosphoric acid groups is 1. The van der Waals surface area contributed by atoms with Crippen molar-refractivity contribution in [2.45, 2.75) is 65.4 Å². The molecule has 0 atom stereocenters. The van der Waals surface area contributed by atoms with Crippen molar-refractivity contribution < 1.29 is 28.7 Å². The van der Waals surface area contributed by atoms with Crippen molar-refractivity contribution in [2.75, 3.05) is 19.8 Å². The van der Waals surface area contributed by atoms with Gasteiger partial charge in [0.25, 0.3) is 0 Å². The van der Waals surface area contributed by atoms with E-state index < -0.39 is 13.4 Å². The second-order valence-electron chi connectivity index (χ2n) is 5.65. The zero-order valence-electron chi connectivity index (χ0n) is 13.7. The number of hydrogen-bond donors (Lipinski definition) is 3. The lowest BCUT2D eigenvalue weighted by molar-refractivity contribution is -0.0724. The minimum absolute atomic E-state index is 0.0932. The number of phosphoric ester groups is 1. The molecule has 128 valence electrons. The summed E-state index contributed by atoms with van der Waals surface area (Å²) in [5.41, 5.74) is -1.06. The zero-order valence-corrected chi connectivity index (χ0v) is 14.6. The molecule has 0 rings (SSSR count). The highest BCUT2D eigenvalue weighted by atomic mass is 31.2. The molecule has 7 heteroatoms. The van der Waals surface area contributed by atoms with E-state index in [4.69, 9.17) is 19.0 Å². The maximum atomic E-state index is 11.1. The smallest absolute Gasteiger partial charge is 0.396 e. The second kappa shape index (κ2) is 9.23. The molecule has 0 aliphatic heterocycles. The van der Waals surface area contributed by atoms with Crippen molar-refractivity contribution in [1.82, 2.24) is 0 Å². The molecule has 0 saturated heterocycles. The summed E-state index contributed by atoms with van der Waals surface area (Å²) in [7, 11) is -4.55. The first kappa shape index (κ1) is 21.0. The molecule has 0 spiro atoms. The van der Waals surface area contributed by atoms with Gasteiger partial charge in [-0.05, 0) is 37.5 Å². The Balaban J connectivity index is 4.72. The molecule has 6 nitrogen and oxygen atoms in total. The van der Waals surface area contributed by atoms with Gasteiger partial charge in [0.05, 0.1) is 13.2 Å². The van der Waals surface area contributed by atoms with E-state index in [-0.39, 0.29) is 18.6 Å². The Kier molecular flexibility index (Phi) is 9.25. The van der Waals surface area contributed by atoms with Crippen molar-refractivity contribution in [3.05, 3.63) is 0 Å². The van der Waals surface area contributed by atoms with Gasteiger partial charge in [0, 0.05) is 6.61 Å². The van der Waals surface area contributed by atoms with Gasteiger partial charge in [0.15, 0.2) is 0 Å². The third-order valence-electron chi connectivity index (χ3n) is 4.52. The fourth-order valence-corrected chi connectivity index (χ4v) is 3.25. The summed E-state index contributed by atoms with van der Waals surface area (Å²) in [6.45, 7) is 8.46. The molecule has 0 unspecified atom stereocenters. The first-order chi connectivity index (χ1) is 9.72. The van der Waals surface area contributed by atoms with Crippen molar-refractivity contribution in [2.24, 2.45) is 5.41 Å². The van der Waals surface area contributed by atoms with Crippen molar-refractivity contribution in [1.29, 1.82) is 0 Å². The van der Waals surface area contributed by atoms with Crippen LogP contribution in [0, 0.1) is 5.41 Å². The Hall–Kier alpha value is 0.0300. The van der Waals surface area contributed by atoms with Gasteiger partial charge in [0.2, 0.25) is 0 Å². The predicted octanol–water partition coefficient (Wildman–Crippen LogP) is 2.86. The van der Waals surface area contributed by atoms with Crippen LogP contribution in [0.3, 0.4) is 0 Å². The van der Waals surface area contributed by atoms with Crippen LogP contribution in [0.15, 0.2) is 0 Å². The number of hydrogen-bond acceptors (Lipinski definition) is 4. The van der Waals surface area contributed by atoms with Gasteiger partial charge in [-0.25, -0.2) is 4.57 Å². The standard InChI is InChI=1S/C14H31O6P/c1-5-13(6-2,9-10-15)11-19-12-14(7-3,8-4)20-21(16,17)18/h15H,5-12H2,1-4H3,(H2,16,17,18). The quantitative estimate of drug-likeness (QED) is 0.477. The normalized spacial score (nSPS) is 13.7. The summed E-state index contributed by atoms with van der Waals surface area (Å²) in [6, 6.07) is 0. The lowest BCUT2D eigenvalue weighted by Crippen LogP contribution is -2.38. The number of rotatable bonds is 12. The van der Waals surface area contributed by atoms with Crippen LogP contribution in [0.4, 0.5) is 0 Å². The molecule has 21 heavy (non-hydrogen) atoms. The van der Waals surface area contributed by atoms with Crippen molar-refractivity contribution in [3.63, 3.8) is 0 Å². The topological polar surface area (TPSA) is 96.2 Å². The summed E-state index contributed by atoms with van der Waals surface area (Å²) in [4.78, 5) is 18.1. The highest BCUT2D eigenvalue weighted by Gasteiger charge is 2.36. The third-order valence-corrected chi connectivity index (χ3v) is 5.14. The number of aliphatic hydroxyl groups is 1. The summed E-state index contributed by atoms with van der Waals surface area (Å²) in [5, 5.41) is 9.19. The molecule has 3 N–H and O–H groups in total. The summed E-state index contributed by atoms with van der Waals surface area (Å²) < 4.78 is 21.8. The van der Waals surface area contributed by atoms with E-state index in [9.17, 15) is 9.67 Å². The molecule has 0 saturated carbocycles. The third kappa shape index (κ3) is 7.22. The monoisotopic (exact) mass is 326 g/mol. The molecule has 0 fully saturated rings. The predicted molar refractivity (Wildman–Crippen MR) is 82.0 cm³/mol. The van der Waals surface area contributed by atoms with Crippen LogP contribution in [-0.4, -0.2) is 40.3 Å². The number of aliphatic hydroxyl groups excluding tert-OH is 1. The molecule has 0 aliphatic carbocycles. The fraction of sp³-hybridized carbons (Fsp3) is 1.00. The van der Waals surface area contributed by atoms with E-state index in [1.165, 1.54) is 0 Å². The zero-order chi connectivity index (χ0) is 16.6. The molecule has 0 bridgehead atoms. The minimum Gasteiger partial charge on any atom is -0.396 e. The molecule has 0 amide bonds. The van der Waals surface area contributed by atoms with E-state index in [0.29, 0.717) is 25.9 Å². The lowest BCUT2D eigenvalue weighted by atomic mass is 9.80. The maximum absolute atomic E-state index is 11.1. The van der Waals surface area contributed by atoms with Gasteiger partial charge in [-0.1, -0.05) is 27.7 Å². The average molecular weight is 326 g/mol. The Morgan fingerprint density at radius 3 is 1.81 bits per heavy atom. The molecule has 0 aliphatic rings. The molecule has 0 heterocycles. The van der Waals surface area contributed by atoms with E-state index in [0.717, 1.165) is 12.8 Å². The molecular weight excluding hydrogens is 295 g/mol. The lowest BCUT2D eigenvalue weighted by Gasteiger charge is -2.35. The summed E-state index contributed by atoms with van der Waals surface area (Å²) >= 11 is 0. The largest absolute Gasteiger partial charge is 0.470 e. The van der Waals surface area contributed by atoms with E-state index in [1.54, 1.807) is 0 Å². The van der Waals surface area contributed by atoms with Gasteiger partial charge in [-0.2, -0.15) is 0 Å². The molecule has 0 aromatic rings. The minimum atomic E-state index is -4.55. The van der Waals surface area contributed by atoms with Gasteiger partial charge in [-0.3, -0.25) is 4.52 Å². The van der Waals surface area contributed by atoms with Crippen LogP contribution in [0.25, 0.3) is 0 Å². The Labute approximate surface area is 128 Å². The van der Waals surface area contributed by atoms with E-state index in [1.807, 2.05) is 13.8 Å². The highest BCUT2D eigenvalue weighted by Crippen LogP contribution is 2.44. The average Bonchev–Trinajstić information content (AvgIpc) is 2.44. The van der Waals surface area contributed by atoms with Crippen molar-refractivity contribution in [3.8, 4) is 0 Å². The highest BCUT2D eigenvalue weighted by molar-refractivity contribution is 7.46. The van der Waals surface area contributed by atoms with Crippen LogP contribution in [-0.2, 0) is 13.8 Å². The Morgan fingerprint density at radius 2 is 1.48 bits per heavy atom. The molecule has 0 radical (unpaired) electrons. The van der Waals surface area contributed by atoms with E-state index in [2.05, 4.69) is 13.8 Å². The van der Waals surface area contributed by atoms with Gasteiger partial charge >= 0.3 is 7.82 Å². The molecule has 0 aromatic heterocycles. The van der Waals surface area contributed by atoms with Crippen LogP contribution >= 0.6 is 7.82 Å². The van der Waals surface area contributed by atoms with Gasteiger partial charge in [-0.15, -0.1) is 0 Å². The van der Waals surface area contributed by atoms with E-state index >= 15 is 0 Å². The van der Waals surface area contributed by atoms with Gasteiger partial charge in [0.1, 0.15) is 5.60 Å². The van der Waals surface area contributed by atoms with Crippen LogP contribution in [0.5, 0.6) is 0 Å². The van der Waals surface area contributed by atoms with Crippen LogP contribution in [0.2, 0.25) is 0 Å². The maximum Gasteiger partial charge on any atom is 0.470 e. The SMILES string of the molecule is CCC(CC)(CCO)COCC(CC)(CC)OP(=O)(O)O. The molecule has 0 aromatic carbocycles. The van der Waals surface area contributed by atoms with Crippen molar-refractivity contribution >= 4 is 7.82 Å². The van der Waals surface area contributed by atoms with Crippen LogP contribution in [0.1, 0.15) is 59.8 Å². The molecular formula is C14H31O6P. The second-order valence-corrected chi connectivity index (χ2v) is 6.81. The summed E-state index contributed by atoms with van der Waals surface area (Å²) in [5.74, 6) is 0. The summed E-state index contributed by atoms with van der Waals surface area (Å²) in [6.07, 6.45) is 3.34.